The van der Waals surface area contributed by atoms with E-state index in [0.717, 1.165) is 18.5 Å². The van der Waals surface area contributed by atoms with Crippen molar-refractivity contribution < 1.29 is 9.90 Å². The minimum absolute atomic E-state index is 0.00448. The Morgan fingerprint density at radius 2 is 2.00 bits per heavy atom. The zero-order chi connectivity index (χ0) is 14.3. The largest absolute Gasteiger partial charge is 0.387 e. The number of hydrogen-bond donors (Lipinski definition) is 3. The van der Waals surface area contributed by atoms with Gasteiger partial charge in [0.15, 0.2) is 0 Å². The van der Waals surface area contributed by atoms with E-state index in [4.69, 9.17) is 0 Å². The van der Waals surface area contributed by atoms with Crippen LogP contribution in [0, 0.1) is 13.8 Å². The van der Waals surface area contributed by atoms with Gasteiger partial charge in [0.25, 0.3) is 0 Å². The van der Waals surface area contributed by atoms with Gasteiger partial charge >= 0.3 is 0 Å². The highest BCUT2D eigenvalue weighted by molar-refractivity contribution is 5.72. The molecule has 3 N–H and O–H groups in total. The summed E-state index contributed by atoms with van der Waals surface area (Å²) < 4.78 is 0. The minimum Gasteiger partial charge on any atom is -0.387 e. The second-order valence-corrected chi connectivity index (χ2v) is 4.90. The lowest BCUT2D eigenvalue weighted by Gasteiger charge is -2.13. The van der Waals surface area contributed by atoms with Crippen molar-refractivity contribution in [3.05, 3.63) is 34.9 Å². The van der Waals surface area contributed by atoms with Crippen LogP contribution in [-0.4, -0.2) is 30.6 Å². The van der Waals surface area contributed by atoms with Crippen LogP contribution in [0.3, 0.4) is 0 Å². The molecule has 1 aromatic carbocycles. The van der Waals surface area contributed by atoms with Crippen molar-refractivity contribution in [2.75, 3.05) is 19.6 Å². The van der Waals surface area contributed by atoms with E-state index in [1.165, 1.54) is 18.1 Å². The highest BCUT2D eigenvalue weighted by atomic mass is 16.3. The number of carbonyl (C=O) groups is 1. The highest BCUT2D eigenvalue weighted by Crippen LogP contribution is 2.16. The molecule has 106 valence electrons. The summed E-state index contributed by atoms with van der Waals surface area (Å²) in [6, 6.07) is 6.02. The quantitative estimate of drug-likeness (QED) is 0.653. The number of aryl methyl sites for hydroxylation is 2. The van der Waals surface area contributed by atoms with Gasteiger partial charge in [-0.25, -0.2) is 0 Å². The van der Waals surface area contributed by atoms with Crippen LogP contribution >= 0.6 is 0 Å². The molecule has 1 atom stereocenters. The molecule has 1 unspecified atom stereocenters. The van der Waals surface area contributed by atoms with E-state index in [0.29, 0.717) is 13.1 Å². The van der Waals surface area contributed by atoms with E-state index in [1.807, 2.05) is 25.1 Å². The zero-order valence-electron chi connectivity index (χ0n) is 12.0. The molecule has 19 heavy (non-hydrogen) atoms. The Kier molecular flexibility index (Phi) is 6.53. The number of benzene rings is 1. The molecule has 1 aromatic rings. The lowest BCUT2D eigenvalue weighted by atomic mass is 10.0. The SMILES string of the molecule is CC(=O)NCCCNCC(O)c1ccc(C)c(C)c1. The van der Waals surface area contributed by atoms with E-state index < -0.39 is 6.10 Å². The standard InChI is InChI=1S/C15H24N2O2/c1-11-5-6-14(9-12(11)2)15(19)10-16-7-4-8-17-13(3)18/h5-6,9,15-16,19H,4,7-8,10H2,1-3H3,(H,17,18). The number of rotatable bonds is 7. The van der Waals surface area contributed by atoms with Crippen molar-refractivity contribution in [3.8, 4) is 0 Å². The van der Waals surface area contributed by atoms with Crippen molar-refractivity contribution in [1.29, 1.82) is 0 Å². The molecule has 1 rings (SSSR count). The molecule has 0 saturated carbocycles. The van der Waals surface area contributed by atoms with Crippen LogP contribution in [0.25, 0.3) is 0 Å². The molecule has 0 aliphatic carbocycles. The molecule has 4 nitrogen and oxygen atoms in total. The molecular formula is C15H24N2O2. The average molecular weight is 264 g/mol. The van der Waals surface area contributed by atoms with Crippen LogP contribution in [0.5, 0.6) is 0 Å². The van der Waals surface area contributed by atoms with Gasteiger partial charge in [-0.2, -0.15) is 0 Å². The first-order chi connectivity index (χ1) is 9.00. The molecule has 0 bridgehead atoms. The first kappa shape index (κ1) is 15.7. The van der Waals surface area contributed by atoms with Gasteiger partial charge in [-0.1, -0.05) is 18.2 Å². The molecule has 0 aliphatic heterocycles. The number of aliphatic hydroxyl groups excluding tert-OH is 1. The van der Waals surface area contributed by atoms with Crippen LogP contribution in [0.2, 0.25) is 0 Å². The Bertz CT molecular complexity index is 419. The molecule has 0 heterocycles. The summed E-state index contributed by atoms with van der Waals surface area (Å²) in [5, 5.41) is 16.0. The van der Waals surface area contributed by atoms with E-state index in [2.05, 4.69) is 17.6 Å². The predicted octanol–water partition coefficient (Wildman–Crippen LogP) is 1.45. The fraction of sp³-hybridized carbons (Fsp3) is 0.533. The Morgan fingerprint density at radius 1 is 1.26 bits per heavy atom. The third-order valence-corrected chi connectivity index (χ3v) is 3.16. The minimum atomic E-state index is -0.486. The molecule has 1 amide bonds. The molecule has 0 saturated heterocycles. The summed E-state index contributed by atoms with van der Waals surface area (Å²) in [6.07, 6.45) is 0.374. The van der Waals surface area contributed by atoms with Crippen molar-refractivity contribution in [1.82, 2.24) is 10.6 Å². The maximum Gasteiger partial charge on any atom is 0.216 e. The van der Waals surface area contributed by atoms with E-state index in [9.17, 15) is 9.90 Å². The van der Waals surface area contributed by atoms with Gasteiger partial charge < -0.3 is 15.7 Å². The van der Waals surface area contributed by atoms with Crippen molar-refractivity contribution in [2.24, 2.45) is 0 Å². The summed E-state index contributed by atoms with van der Waals surface area (Å²) in [4.78, 5) is 10.7. The number of carbonyl (C=O) groups excluding carboxylic acids is 1. The van der Waals surface area contributed by atoms with Crippen LogP contribution < -0.4 is 10.6 Å². The first-order valence-electron chi connectivity index (χ1n) is 6.71. The first-order valence-corrected chi connectivity index (χ1v) is 6.71. The lowest BCUT2D eigenvalue weighted by molar-refractivity contribution is -0.118. The summed E-state index contributed by atoms with van der Waals surface area (Å²) in [6.45, 7) is 7.60. The van der Waals surface area contributed by atoms with E-state index in [-0.39, 0.29) is 5.91 Å². The molecule has 0 radical (unpaired) electrons. The van der Waals surface area contributed by atoms with Crippen molar-refractivity contribution in [2.45, 2.75) is 33.3 Å². The van der Waals surface area contributed by atoms with Crippen molar-refractivity contribution >= 4 is 5.91 Å². The molecule has 4 heteroatoms. The maximum atomic E-state index is 10.7. The van der Waals surface area contributed by atoms with E-state index >= 15 is 0 Å². The summed E-state index contributed by atoms with van der Waals surface area (Å²) >= 11 is 0. The predicted molar refractivity (Wildman–Crippen MR) is 77.0 cm³/mol. The second kappa shape index (κ2) is 7.92. The molecule has 0 spiro atoms. The Labute approximate surface area is 115 Å². The number of aliphatic hydroxyl groups is 1. The van der Waals surface area contributed by atoms with Gasteiger partial charge in [-0.3, -0.25) is 4.79 Å². The summed E-state index contributed by atoms with van der Waals surface area (Å²) in [7, 11) is 0. The number of nitrogens with one attached hydrogen (secondary N) is 2. The van der Waals surface area contributed by atoms with Crippen molar-refractivity contribution in [3.63, 3.8) is 0 Å². The zero-order valence-corrected chi connectivity index (χ0v) is 12.0. The van der Waals surface area contributed by atoms with Gasteiger partial charge in [-0.05, 0) is 43.5 Å². The molecular weight excluding hydrogens is 240 g/mol. The second-order valence-electron chi connectivity index (χ2n) is 4.90. The van der Waals surface area contributed by atoms with Gasteiger partial charge in [0.2, 0.25) is 5.91 Å². The Hall–Kier alpha value is -1.39. The number of hydrogen-bond acceptors (Lipinski definition) is 3. The van der Waals surface area contributed by atoms with Gasteiger partial charge in [0.1, 0.15) is 0 Å². The third-order valence-electron chi connectivity index (χ3n) is 3.16. The van der Waals surface area contributed by atoms with Gasteiger partial charge in [0, 0.05) is 20.0 Å². The third kappa shape index (κ3) is 5.85. The Balaban J connectivity index is 2.25. The van der Waals surface area contributed by atoms with E-state index in [1.54, 1.807) is 0 Å². The molecule has 0 aliphatic rings. The topological polar surface area (TPSA) is 61.4 Å². The van der Waals surface area contributed by atoms with Crippen LogP contribution in [0.4, 0.5) is 0 Å². The number of amides is 1. The van der Waals surface area contributed by atoms with Crippen LogP contribution in [0.15, 0.2) is 18.2 Å². The maximum absolute atomic E-state index is 10.7. The van der Waals surface area contributed by atoms with Crippen LogP contribution in [-0.2, 0) is 4.79 Å². The summed E-state index contributed by atoms with van der Waals surface area (Å²) in [5.41, 5.74) is 3.37. The molecule has 0 fully saturated rings. The normalized spacial score (nSPS) is 12.2. The Morgan fingerprint density at radius 3 is 2.63 bits per heavy atom. The van der Waals surface area contributed by atoms with Gasteiger partial charge in [0.05, 0.1) is 6.10 Å². The fourth-order valence-electron chi connectivity index (χ4n) is 1.81. The van der Waals surface area contributed by atoms with Gasteiger partial charge in [-0.15, -0.1) is 0 Å². The smallest absolute Gasteiger partial charge is 0.216 e. The van der Waals surface area contributed by atoms with Crippen LogP contribution in [0.1, 0.15) is 36.1 Å². The fourth-order valence-corrected chi connectivity index (χ4v) is 1.81. The lowest BCUT2D eigenvalue weighted by Crippen LogP contribution is -2.27. The molecule has 0 aromatic heterocycles. The summed E-state index contributed by atoms with van der Waals surface area (Å²) in [5.74, 6) is -0.00448. The monoisotopic (exact) mass is 264 g/mol. The average Bonchev–Trinajstić information content (AvgIpc) is 2.36. The highest BCUT2D eigenvalue weighted by Gasteiger charge is 2.07.